The third kappa shape index (κ3) is 7.34. The van der Waals surface area contributed by atoms with E-state index in [0.717, 1.165) is 12.0 Å². The van der Waals surface area contributed by atoms with Crippen LogP contribution in [0.4, 0.5) is 0 Å². The summed E-state index contributed by atoms with van der Waals surface area (Å²) in [5.41, 5.74) is 0.856. The Morgan fingerprint density at radius 1 is 1.00 bits per heavy atom. The highest BCUT2D eigenvalue weighted by molar-refractivity contribution is 6.30. The number of nitrogens with zero attached hydrogens (tertiary/aromatic N) is 1. The van der Waals surface area contributed by atoms with Gasteiger partial charge in [0.25, 0.3) is 5.91 Å². The van der Waals surface area contributed by atoms with Crippen molar-refractivity contribution in [2.75, 3.05) is 20.8 Å². The molecule has 7 nitrogen and oxygen atoms in total. The molecular formula is C24H31ClN2O5. The van der Waals surface area contributed by atoms with Crippen LogP contribution in [-0.4, -0.2) is 49.6 Å². The standard InChI is InChI=1S/C24H31ClN2O5/c1-6-16(2)26-24(29)17(3)27(14-18-7-9-19(25)10-8-18)23(28)15-32-22-12-20(30-4)11-21(13-22)31-5/h7-13,16-17H,6,14-15H2,1-5H3,(H,26,29). The Hall–Kier alpha value is -2.93. The first-order valence-electron chi connectivity index (χ1n) is 10.5. The Labute approximate surface area is 194 Å². The van der Waals surface area contributed by atoms with E-state index >= 15 is 0 Å². The van der Waals surface area contributed by atoms with Crippen molar-refractivity contribution in [3.63, 3.8) is 0 Å². The zero-order chi connectivity index (χ0) is 23.7. The lowest BCUT2D eigenvalue weighted by atomic mass is 10.1. The molecule has 2 amide bonds. The van der Waals surface area contributed by atoms with Crippen LogP contribution in [0.25, 0.3) is 0 Å². The molecule has 0 bridgehead atoms. The molecular weight excluding hydrogens is 432 g/mol. The number of methoxy groups -OCH3 is 2. The van der Waals surface area contributed by atoms with Crippen LogP contribution in [0, 0.1) is 0 Å². The lowest BCUT2D eigenvalue weighted by Crippen LogP contribution is -2.50. The van der Waals surface area contributed by atoms with Gasteiger partial charge >= 0.3 is 0 Å². The number of benzene rings is 2. The summed E-state index contributed by atoms with van der Waals surface area (Å²) in [6, 6.07) is 11.5. The van der Waals surface area contributed by atoms with Crippen LogP contribution in [0.5, 0.6) is 17.2 Å². The van der Waals surface area contributed by atoms with Crippen molar-refractivity contribution in [3.8, 4) is 17.2 Å². The predicted octanol–water partition coefficient (Wildman–Crippen LogP) is 4.07. The van der Waals surface area contributed by atoms with Gasteiger partial charge in [0.2, 0.25) is 5.91 Å². The van der Waals surface area contributed by atoms with E-state index in [-0.39, 0.29) is 31.0 Å². The van der Waals surface area contributed by atoms with Gasteiger partial charge in [-0.1, -0.05) is 30.7 Å². The number of nitrogens with one attached hydrogen (secondary N) is 1. The minimum atomic E-state index is -0.685. The molecule has 0 saturated carbocycles. The molecule has 0 saturated heterocycles. The number of halogens is 1. The second-order valence-corrected chi connectivity index (χ2v) is 7.92. The predicted molar refractivity (Wildman–Crippen MR) is 124 cm³/mol. The molecule has 174 valence electrons. The summed E-state index contributed by atoms with van der Waals surface area (Å²) in [6.45, 7) is 5.62. The first-order chi connectivity index (χ1) is 15.3. The van der Waals surface area contributed by atoms with Crippen molar-refractivity contribution in [3.05, 3.63) is 53.1 Å². The normalized spacial score (nSPS) is 12.4. The summed E-state index contributed by atoms with van der Waals surface area (Å²) < 4.78 is 16.2. The number of rotatable bonds is 11. The maximum atomic E-state index is 13.1. The molecule has 0 fully saturated rings. The Balaban J connectivity index is 2.18. The fourth-order valence-electron chi connectivity index (χ4n) is 2.93. The van der Waals surface area contributed by atoms with Crippen LogP contribution in [0.2, 0.25) is 5.02 Å². The second-order valence-electron chi connectivity index (χ2n) is 7.48. The monoisotopic (exact) mass is 462 g/mol. The average Bonchev–Trinajstić information content (AvgIpc) is 2.81. The number of carbonyl (C=O) groups is 2. The zero-order valence-electron chi connectivity index (χ0n) is 19.2. The van der Waals surface area contributed by atoms with Gasteiger partial charge in [0.1, 0.15) is 23.3 Å². The Kier molecular flexibility index (Phi) is 9.65. The van der Waals surface area contributed by atoms with Crippen LogP contribution in [-0.2, 0) is 16.1 Å². The number of amides is 2. The van der Waals surface area contributed by atoms with E-state index in [0.29, 0.717) is 22.3 Å². The van der Waals surface area contributed by atoms with Crippen molar-refractivity contribution in [1.29, 1.82) is 0 Å². The molecule has 2 aromatic rings. The summed E-state index contributed by atoms with van der Waals surface area (Å²) in [7, 11) is 3.07. The molecule has 2 atom stereocenters. The molecule has 1 N–H and O–H groups in total. The molecule has 2 aromatic carbocycles. The van der Waals surface area contributed by atoms with E-state index < -0.39 is 6.04 Å². The van der Waals surface area contributed by atoms with Crippen LogP contribution in [0.3, 0.4) is 0 Å². The molecule has 8 heteroatoms. The molecule has 32 heavy (non-hydrogen) atoms. The summed E-state index contributed by atoms with van der Waals surface area (Å²) in [6.07, 6.45) is 0.796. The Morgan fingerprint density at radius 2 is 1.56 bits per heavy atom. The van der Waals surface area contributed by atoms with E-state index in [9.17, 15) is 9.59 Å². The van der Waals surface area contributed by atoms with Gasteiger partial charge in [-0.05, 0) is 38.0 Å². The van der Waals surface area contributed by atoms with Crippen LogP contribution in [0.1, 0.15) is 32.8 Å². The van der Waals surface area contributed by atoms with Gasteiger partial charge in [-0.2, -0.15) is 0 Å². The molecule has 0 aliphatic rings. The SMILES string of the molecule is CCC(C)NC(=O)C(C)N(Cc1ccc(Cl)cc1)C(=O)COc1cc(OC)cc(OC)c1. The minimum Gasteiger partial charge on any atom is -0.496 e. The first kappa shape index (κ1) is 25.3. The number of hydrogen-bond donors (Lipinski definition) is 1. The molecule has 0 heterocycles. The van der Waals surface area contributed by atoms with Crippen LogP contribution in [0.15, 0.2) is 42.5 Å². The van der Waals surface area contributed by atoms with Gasteiger partial charge in [-0.15, -0.1) is 0 Å². The van der Waals surface area contributed by atoms with Crippen LogP contribution >= 0.6 is 11.6 Å². The summed E-state index contributed by atoms with van der Waals surface area (Å²) in [5.74, 6) is 0.980. The first-order valence-corrected chi connectivity index (χ1v) is 10.8. The van der Waals surface area contributed by atoms with E-state index in [2.05, 4.69) is 5.32 Å². The quantitative estimate of drug-likeness (QED) is 0.544. The molecule has 0 aliphatic heterocycles. The summed E-state index contributed by atoms with van der Waals surface area (Å²) in [5, 5.41) is 3.54. The van der Waals surface area contributed by atoms with Gasteiger partial charge < -0.3 is 24.4 Å². The molecule has 0 spiro atoms. The fourth-order valence-corrected chi connectivity index (χ4v) is 3.05. The Morgan fingerprint density at radius 3 is 2.09 bits per heavy atom. The highest BCUT2D eigenvalue weighted by atomic mass is 35.5. The average molecular weight is 463 g/mol. The van der Waals surface area contributed by atoms with E-state index in [4.69, 9.17) is 25.8 Å². The van der Waals surface area contributed by atoms with Crippen LogP contribution < -0.4 is 19.5 Å². The van der Waals surface area contributed by atoms with Gasteiger partial charge in [0.05, 0.1) is 14.2 Å². The fraction of sp³-hybridized carbons (Fsp3) is 0.417. The summed E-state index contributed by atoms with van der Waals surface area (Å²) >= 11 is 5.98. The van der Waals surface area contributed by atoms with Crippen molar-refractivity contribution in [1.82, 2.24) is 10.2 Å². The highest BCUT2D eigenvalue weighted by Gasteiger charge is 2.27. The highest BCUT2D eigenvalue weighted by Crippen LogP contribution is 2.27. The van der Waals surface area contributed by atoms with Gasteiger partial charge in [0.15, 0.2) is 6.61 Å². The lowest BCUT2D eigenvalue weighted by Gasteiger charge is -2.29. The molecule has 0 radical (unpaired) electrons. The van der Waals surface area contributed by atoms with Crippen molar-refractivity contribution in [2.45, 2.75) is 45.8 Å². The van der Waals surface area contributed by atoms with E-state index in [1.165, 1.54) is 19.1 Å². The zero-order valence-corrected chi connectivity index (χ0v) is 19.9. The molecule has 0 aromatic heterocycles. The van der Waals surface area contributed by atoms with Crippen molar-refractivity contribution < 1.29 is 23.8 Å². The lowest BCUT2D eigenvalue weighted by molar-refractivity contribution is -0.142. The van der Waals surface area contributed by atoms with Gasteiger partial charge in [-0.25, -0.2) is 0 Å². The van der Waals surface area contributed by atoms with Gasteiger partial charge in [0, 0.05) is 35.8 Å². The Bertz CT molecular complexity index is 882. The van der Waals surface area contributed by atoms with Crippen molar-refractivity contribution in [2.24, 2.45) is 0 Å². The number of hydrogen-bond acceptors (Lipinski definition) is 5. The number of carbonyl (C=O) groups excluding carboxylic acids is 2. The molecule has 2 unspecified atom stereocenters. The van der Waals surface area contributed by atoms with Crippen molar-refractivity contribution >= 4 is 23.4 Å². The largest absolute Gasteiger partial charge is 0.496 e. The second kappa shape index (κ2) is 12.2. The minimum absolute atomic E-state index is 0.0120. The molecule has 0 aliphatic carbocycles. The van der Waals surface area contributed by atoms with E-state index in [1.54, 1.807) is 37.3 Å². The van der Waals surface area contributed by atoms with Gasteiger partial charge in [-0.3, -0.25) is 9.59 Å². The third-order valence-corrected chi connectivity index (χ3v) is 5.37. The maximum absolute atomic E-state index is 13.1. The van der Waals surface area contributed by atoms with E-state index in [1.807, 2.05) is 26.0 Å². The summed E-state index contributed by atoms with van der Waals surface area (Å²) in [4.78, 5) is 27.4. The maximum Gasteiger partial charge on any atom is 0.261 e. The number of ether oxygens (including phenoxy) is 3. The smallest absolute Gasteiger partial charge is 0.261 e. The third-order valence-electron chi connectivity index (χ3n) is 5.12. The molecule has 2 rings (SSSR count). The topological polar surface area (TPSA) is 77.1 Å².